The second-order valence-corrected chi connectivity index (χ2v) is 5.82. The molecule has 1 saturated carbocycles. The van der Waals surface area contributed by atoms with E-state index in [0.29, 0.717) is 11.7 Å². The summed E-state index contributed by atoms with van der Waals surface area (Å²) in [5, 5.41) is 3.08. The van der Waals surface area contributed by atoms with Crippen LogP contribution in [0.2, 0.25) is 0 Å². The minimum absolute atomic E-state index is 0.166. The van der Waals surface area contributed by atoms with Crippen molar-refractivity contribution in [3.63, 3.8) is 0 Å². The van der Waals surface area contributed by atoms with Gasteiger partial charge in [0.15, 0.2) is 0 Å². The van der Waals surface area contributed by atoms with Crippen molar-refractivity contribution >= 4 is 17.7 Å². The van der Waals surface area contributed by atoms with Crippen LogP contribution in [0.4, 0.5) is 0 Å². The van der Waals surface area contributed by atoms with Crippen LogP contribution in [0.1, 0.15) is 32.1 Å². The summed E-state index contributed by atoms with van der Waals surface area (Å²) in [5.74, 6) is 2.42. The Kier molecular flexibility index (Phi) is 4.53. The molecule has 4 heteroatoms. The number of carbonyl (C=O) groups excluding carboxylic acids is 1. The molecule has 2 atom stereocenters. The monoisotopic (exact) mass is 243 g/mol. The average molecular weight is 243 g/mol. The zero-order valence-electron chi connectivity index (χ0n) is 9.91. The second-order valence-electron chi connectivity index (χ2n) is 4.79. The van der Waals surface area contributed by atoms with E-state index in [-0.39, 0.29) is 18.1 Å². The highest BCUT2D eigenvalue weighted by Crippen LogP contribution is 2.30. The molecular weight excluding hydrogens is 222 g/mol. The highest BCUT2D eigenvalue weighted by atomic mass is 32.2. The first-order valence-corrected chi connectivity index (χ1v) is 7.36. The molecule has 0 spiro atoms. The van der Waals surface area contributed by atoms with Gasteiger partial charge in [0.05, 0.1) is 17.9 Å². The van der Waals surface area contributed by atoms with Gasteiger partial charge in [-0.2, -0.15) is 0 Å². The van der Waals surface area contributed by atoms with E-state index in [1.54, 1.807) is 18.9 Å². The lowest BCUT2D eigenvalue weighted by atomic mass is 9.83. The van der Waals surface area contributed by atoms with Gasteiger partial charge >= 0.3 is 0 Å². The number of hydrogen-bond acceptors (Lipinski definition) is 3. The number of ether oxygens (including phenoxy) is 1. The molecule has 0 bridgehead atoms. The maximum absolute atomic E-state index is 11.4. The SMILES string of the molecule is COC(C1CCCCC1)C1CSCC(=O)N1. The number of rotatable bonds is 3. The molecule has 0 radical (unpaired) electrons. The Morgan fingerprint density at radius 1 is 1.38 bits per heavy atom. The first-order chi connectivity index (χ1) is 7.81. The number of carbonyl (C=O) groups is 1. The van der Waals surface area contributed by atoms with Crippen molar-refractivity contribution in [3.05, 3.63) is 0 Å². The van der Waals surface area contributed by atoms with Crippen LogP contribution >= 0.6 is 11.8 Å². The molecule has 0 aromatic rings. The number of methoxy groups -OCH3 is 1. The molecule has 92 valence electrons. The molecule has 3 nitrogen and oxygen atoms in total. The van der Waals surface area contributed by atoms with E-state index >= 15 is 0 Å². The topological polar surface area (TPSA) is 38.3 Å². The third-order valence-electron chi connectivity index (χ3n) is 3.66. The van der Waals surface area contributed by atoms with Gasteiger partial charge < -0.3 is 10.1 Å². The third kappa shape index (κ3) is 2.92. The van der Waals surface area contributed by atoms with E-state index in [4.69, 9.17) is 4.74 Å². The molecule has 1 aliphatic carbocycles. The van der Waals surface area contributed by atoms with Gasteiger partial charge in [-0.1, -0.05) is 19.3 Å². The van der Waals surface area contributed by atoms with Crippen LogP contribution in [-0.2, 0) is 9.53 Å². The zero-order valence-corrected chi connectivity index (χ0v) is 10.7. The summed E-state index contributed by atoms with van der Waals surface area (Å²) in [6.07, 6.45) is 6.73. The Morgan fingerprint density at radius 3 is 2.75 bits per heavy atom. The summed E-state index contributed by atoms with van der Waals surface area (Å²) in [5.41, 5.74) is 0. The second kappa shape index (κ2) is 5.92. The molecule has 1 N–H and O–H groups in total. The maximum atomic E-state index is 11.4. The lowest BCUT2D eigenvalue weighted by Gasteiger charge is -2.36. The van der Waals surface area contributed by atoms with Crippen molar-refractivity contribution in [2.75, 3.05) is 18.6 Å². The fraction of sp³-hybridized carbons (Fsp3) is 0.917. The van der Waals surface area contributed by atoms with Crippen LogP contribution < -0.4 is 5.32 Å². The van der Waals surface area contributed by atoms with Gasteiger partial charge in [-0.15, -0.1) is 11.8 Å². The molecule has 2 aliphatic rings. The molecule has 16 heavy (non-hydrogen) atoms. The van der Waals surface area contributed by atoms with Crippen molar-refractivity contribution in [3.8, 4) is 0 Å². The van der Waals surface area contributed by atoms with Gasteiger partial charge in [0.1, 0.15) is 0 Å². The van der Waals surface area contributed by atoms with Crippen LogP contribution in [0.25, 0.3) is 0 Å². The fourth-order valence-corrected chi connectivity index (χ4v) is 3.81. The summed E-state index contributed by atoms with van der Waals surface area (Å²) in [7, 11) is 1.78. The average Bonchev–Trinajstić information content (AvgIpc) is 2.31. The van der Waals surface area contributed by atoms with Crippen LogP contribution in [0.15, 0.2) is 0 Å². The van der Waals surface area contributed by atoms with Crippen molar-refractivity contribution < 1.29 is 9.53 Å². The molecule has 2 unspecified atom stereocenters. The summed E-state index contributed by atoms with van der Waals surface area (Å²) < 4.78 is 5.65. The number of thioether (sulfide) groups is 1. The Morgan fingerprint density at radius 2 is 2.12 bits per heavy atom. The van der Waals surface area contributed by atoms with Crippen molar-refractivity contribution in [2.24, 2.45) is 5.92 Å². The number of nitrogens with one attached hydrogen (secondary N) is 1. The van der Waals surface area contributed by atoms with Crippen molar-refractivity contribution in [1.29, 1.82) is 0 Å². The predicted octanol–water partition coefficient (Wildman–Crippen LogP) is 1.81. The smallest absolute Gasteiger partial charge is 0.230 e. The Bertz CT molecular complexity index is 241. The molecule has 1 amide bonds. The standard InChI is InChI=1S/C12H21NO2S/c1-15-12(9-5-3-2-4-6-9)10-7-16-8-11(14)13-10/h9-10,12H,2-8H2,1H3,(H,13,14). The van der Waals surface area contributed by atoms with Crippen LogP contribution in [-0.4, -0.2) is 36.7 Å². The van der Waals surface area contributed by atoms with Crippen molar-refractivity contribution in [2.45, 2.75) is 44.2 Å². The molecule has 0 aromatic carbocycles. The van der Waals surface area contributed by atoms with Gasteiger partial charge in [0, 0.05) is 12.9 Å². The van der Waals surface area contributed by atoms with E-state index in [1.165, 1.54) is 32.1 Å². The minimum Gasteiger partial charge on any atom is -0.379 e. The van der Waals surface area contributed by atoms with Gasteiger partial charge in [-0.05, 0) is 18.8 Å². The van der Waals surface area contributed by atoms with Gasteiger partial charge in [-0.3, -0.25) is 4.79 Å². The molecule has 2 fully saturated rings. The molecule has 0 aromatic heterocycles. The summed E-state index contributed by atoms with van der Waals surface area (Å²) in [4.78, 5) is 11.4. The number of amides is 1. The summed E-state index contributed by atoms with van der Waals surface area (Å²) >= 11 is 1.73. The van der Waals surface area contributed by atoms with E-state index < -0.39 is 0 Å². The van der Waals surface area contributed by atoms with Crippen molar-refractivity contribution in [1.82, 2.24) is 5.32 Å². The van der Waals surface area contributed by atoms with Crippen LogP contribution in [0.3, 0.4) is 0 Å². The Hall–Kier alpha value is -0.220. The van der Waals surface area contributed by atoms with Gasteiger partial charge in [0.2, 0.25) is 5.91 Å². The largest absolute Gasteiger partial charge is 0.379 e. The summed E-state index contributed by atoms with van der Waals surface area (Å²) in [6.45, 7) is 0. The third-order valence-corrected chi connectivity index (χ3v) is 4.72. The Labute approximate surface area is 102 Å². The van der Waals surface area contributed by atoms with E-state index in [1.807, 2.05) is 0 Å². The van der Waals surface area contributed by atoms with E-state index in [9.17, 15) is 4.79 Å². The highest BCUT2D eigenvalue weighted by molar-refractivity contribution is 8.00. The van der Waals surface area contributed by atoms with Crippen LogP contribution in [0.5, 0.6) is 0 Å². The fourth-order valence-electron chi connectivity index (χ4n) is 2.89. The van der Waals surface area contributed by atoms with E-state index in [0.717, 1.165) is 5.75 Å². The van der Waals surface area contributed by atoms with Crippen LogP contribution in [0, 0.1) is 5.92 Å². The molecule has 2 rings (SSSR count). The normalized spacial score (nSPS) is 29.8. The first kappa shape index (κ1) is 12.2. The predicted molar refractivity (Wildman–Crippen MR) is 66.6 cm³/mol. The minimum atomic E-state index is 0.166. The Balaban J connectivity index is 1.94. The van der Waals surface area contributed by atoms with Gasteiger partial charge in [-0.25, -0.2) is 0 Å². The quantitative estimate of drug-likeness (QED) is 0.821. The highest BCUT2D eigenvalue weighted by Gasteiger charge is 2.33. The first-order valence-electron chi connectivity index (χ1n) is 6.21. The molecule has 1 aliphatic heterocycles. The van der Waals surface area contributed by atoms with Gasteiger partial charge in [0.25, 0.3) is 0 Å². The summed E-state index contributed by atoms with van der Waals surface area (Å²) in [6, 6.07) is 0.222. The molecule has 1 heterocycles. The number of hydrogen-bond donors (Lipinski definition) is 1. The molecular formula is C12H21NO2S. The zero-order chi connectivity index (χ0) is 11.4. The lowest BCUT2D eigenvalue weighted by molar-refractivity contribution is -0.120. The van der Waals surface area contributed by atoms with E-state index in [2.05, 4.69) is 5.32 Å². The maximum Gasteiger partial charge on any atom is 0.230 e. The molecule has 1 saturated heterocycles. The lowest BCUT2D eigenvalue weighted by Crippen LogP contribution is -2.52.